The van der Waals surface area contributed by atoms with E-state index in [2.05, 4.69) is 23.7 Å². The minimum Gasteiger partial charge on any atom is -0.372 e. The Hall–Kier alpha value is -2.23. The van der Waals surface area contributed by atoms with Gasteiger partial charge in [-0.05, 0) is 56.7 Å². The summed E-state index contributed by atoms with van der Waals surface area (Å²) < 4.78 is 13.7. The van der Waals surface area contributed by atoms with Crippen LogP contribution in [-0.2, 0) is 4.79 Å². The van der Waals surface area contributed by atoms with E-state index in [4.69, 9.17) is 0 Å². The summed E-state index contributed by atoms with van der Waals surface area (Å²) in [5.41, 5.74) is 3.01. The highest BCUT2D eigenvalue weighted by Crippen LogP contribution is 2.26. The molecule has 0 amide bonds. The maximum Gasteiger partial charge on any atom is 0.181 e. The summed E-state index contributed by atoms with van der Waals surface area (Å²) >= 11 is 0. The number of hydrogen-bond acceptors (Lipinski definition) is 3. The molecule has 0 unspecified atom stereocenters. The molecule has 0 radical (unpaired) electrons. The molecule has 1 aromatic carbocycles. The van der Waals surface area contributed by atoms with Crippen LogP contribution in [0.2, 0.25) is 0 Å². The molecule has 0 atom stereocenters. The molecule has 3 nitrogen and oxygen atoms in total. The second kappa shape index (κ2) is 6.48. The minimum absolute atomic E-state index is 0.188. The number of rotatable bonds is 4. The molecule has 21 heavy (non-hydrogen) atoms. The average molecular weight is 286 g/mol. The van der Waals surface area contributed by atoms with E-state index >= 15 is 0 Å². The molecule has 2 rings (SSSR count). The number of hydrogen-bond donors (Lipinski definition) is 0. The summed E-state index contributed by atoms with van der Waals surface area (Å²) in [5, 5.41) is 0. The van der Waals surface area contributed by atoms with E-state index in [0.717, 1.165) is 30.4 Å². The Morgan fingerprint density at radius 1 is 1.19 bits per heavy atom. The van der Waals surface area contributed by atoms with E-state index in [1.54, 1.807) is 0 Å². The number of halogens is 1. The first-order chi connectivity index (χ1) is 10.0. The lowest BCUT2D eigenvalue weighted by Crippen LogP contribution is -2.21. The molecule has 0 saturated carbocycles. The van der Waals surface area contributed by atoms with Gasteiger partial charge in [-0.25, -0.2) is 9.38 Å². The van der Waals surface area contributed by atoms with Gasteiger partial charge in [0, 0.05) is 24.9 Å². The van der Waals surface area contributed by atoms with Gasteiger partial charge in [-0.1, -0.05) is 0 Å². The van der Waals surface area contributed by atoms with E-state index in [0.29, 0.717) is 5.69 Å². The second-order valence-electron chi connectivity index (χ2n) is 4.87. The lowest BCUT2D eigenvalue weighted by molar-refractivity contribution is -0.110. The normalized spacial score (nSPS) is 16.3. The molecular formula is C17H19FN2O. The molecule has 1 aliphatic rings. The average Bonchev–Trinajstić information content (AvgIpc) is 2.45. The number of carbonyl (C=O) groups is 1. The quantitative estimate of drug-likeness (QED) is 0.786. The van der Waals surface area contributed by atoms with Gasteiger partial charge >= 0.3 is 0 Å². The van der Waals surface area contributed by atoms with Gasteiger partial charge in [0.1, 0.15) is 0 Å². The molecule has 0 aromatic heterocycles. The molecule has 0 N–H and O–H groups in total. The maximum absolute atomic E-state index is 13.7. The first-order valence-electron chi connectivity index (χ1n) is 7.09. The van der Waals surface area contributed by atoms with Gasteiger partial charge in [-0.15, -0.1) is 0 Å². The topological polar surface area (TPSA) is 32.7 Å². The van der Waals surface area contributed by atoms with Crippen molar-refractivity contribution in [2.75, 3.05) is 18.0 Å². The van der Waals surface area contributed by atoms with Crippen molar-refractivity contribution in [1.29, 1.82) is 0 Å². The van der Waals surface area contributed by atoms with E-state index < -0.39 is 5.83 Å². The van der Waals surface area contributed by atoms with Crippen LogP contribution in [0.1, 0.15) is 19.4 Å². The highest BCUT2D eigenvalue weighted by Gasteiger charge is 2.12. The Morgan fingerprint density at radius 2 is 1.90 bits per heavy atom. The van der Waals surface area contributed by atoms with Crippen LogP contribution in [0.5, 0.6) is 0 Å². The van der Waals surface area contributed by atoms with E-state index in [9.17, 15) is 9.18 Å². The number of carbonyl (C=O) groups excluding carboxylic acids is 1. The van der Waals surface area contributed by atoms with Gasteiger partial charge in [0.15, 0.2) is 11.6 Å². The van der Waals surface area contributed by atoms with Crippen LogP contribution in [0.15, 0.2) is 47.2 Å². The summed E-state index contributed by atoms with van der Waals surface area (Å²) in [7, 11) is 0. The Kier molecular flexibility index (Phi) is 4.68. The standard InChI is InChI=1S/C17H19FN2O/c1-4-20(5-2)13-6-8-16(12(3)10-13)19-17-9-7-14(21)11-15(17)18/h6-11H,4-5H2,1-3H3. The van der Waals surface area contributed by atoms with Crippen molar-refractivity contribution in [3.63, 3.8) is 0 Å². The van der Waals surface area contributed by atoms with Gasteiger partial charge in [0.05, 0.1) is 11.4 Å². The number of allylic oxidation sites excluding steroid dienone is 4. The number of benzene rings is 1. The lowest BCUT2D eigenvalue weighted by atomic mass is 10.1. The van der Waals surface area contributed by atoms with Gasteiger partial charge in [0.25, 0.3) is 0 Å². The second-order valence-corrected chi connectivity index (χ2v) is 4.87. The first-order valence-corrected chi connectivity index (χ1v) is 7.09. The van der Waals surface area contributed by atoms with Crippen LogP contribution in [0.25, 0.3) is 0 Å². The molecule has 4 heteroatoms. The molecule has 0 heterocycles. The van der Waals surface area contributed by atoms with Crippen molar-refractivity contribution in [3.8, 4) is 0 Å². The minimum atomic E-state index is -0.588. The fourth-order valence-corrected chi connectivity index (χ4v) is 2.26. The van der Waals surface area contributed by atoms with Crippen LogP contribution >= 0.6 is 0 Å². The van der Waals surface area contributed by atoms with Crippen LogP contribution in [0.3, 0.4) is 0 Å². The molecule has 0 saturated heterocycles. The molecular weight excluding hydrogens is 267 g/mol. The molecule has 1 aromatic rings. The van der Waals surface area contributed by atoms with Crippen molar-refractivity contribution in [1.82, 2.24) is 0 Å². The zero-order valence-electron chi connectivity index (χ0n) is 12.6. The Labute approximate surface area is 124 Å². The summed E-state index contributed by atoms with van der Waals surface area (Å²) in [6.07, 6.45) is 3.69. The van der Waals surface area contributed by atoms with Gasteiger partial charge in [-0.2, -0.15) is 0 Å². The fourth-order valence-electron chi connectivity index (χ4n) is 2.26. The van der Waals surface area contributed by atoms with Crippen molar-refractivity contribution in [2.45, 2.75) is 20.8 Å². The number of aliphatic imine (C=N–C) groups is 1. The smallest absolute Gasteiger partial charge is 0.181 e. The van der Waals surface area contributed by atoms with E-state index in [1.165, 1.54) is 12.2 Å². The van der Waals surface area contributed by atoms with Gasteiger partial charge in [-0.3, -0.25) is 4.79 Å². The van der Waals surface area contributed by atoms with Crippen LogP contribution < -0.4 is 4.90 Å². The zero-order valence-corrected chi connectivity index (χ0v) is 12.6. The number of nitrogens with zero attached hydrogens (tertiary/aromatic N) is 2. The molecule has 0 aliphatic heterocycles. The Morgan fingerprint density at radius 3 is 2.48 bits per heavy atom. The maximum atomic E-state index is 13.7. The van der Waals surface area contributed by atoms with Crippen molar-refractivity contribution < 1.29 is 9.18 Å². The zero-order chi connectivity index (χ0) is 15.4. The first kappa shape index (κ1) is 15.2. The number of anilines is 1. The summed E-state index contributed by atoms with van der Waals surface area (Å²) in [4.78, 5) is 17.6. The molecule has 0 bridgehead atoms. The third kappa shape index (κ3) is 3.45. The molecule has 110 valence electrons. The SMILES string of the molecule is CCN(CC)c1ccc(N=C2C=CC(=O)C=C2F)c(C)c1. The van der Waals surface area contributed by atoms with E-state index in [-0.39, 0.29) is 11.5 Å². The van der Waals surface area contributed by atoms with Gasteiger partial charge < -0.3 is 4.90 Å². The van der Waals surface area contributed by atoms with Gasteiger partial charge in [0.2, 0.25) is 0 Å². The summed E-state index contributed by atoms with van der Waals surface area (Å²) in [6.45, 7) is 8.04. The number of aryl methyl sites for hydroxylation is 1. The third-order valence-electron chi connectivity index (χ3n) is 3.47. The highest BCUT2D eigenvalue weighted by molar-refractivity contribution is 6.19. The predicted octanol–water partition coefficient (Wildman–Crippen LogP) is 3.91. The van der Waals surface area contributed by atoms with E-state index in [1.807, 2.05) is 25.1 Å². The molecule has 0 fully saturated rings. The van der Waals surface area contributed by atoms with Crippen LogP contribution in [-0.4, -0.2) is 24.6 Å². The molecule has 1 aliphatic carbocycles. The Balaban J connectivity index is 2.32. The Bertz CT molecular complexity index is 640. The monoisotopic (exact) mass is 286 g/mol. The lowest BCUT2D eigenvalue weighted by Gasteiger charge is -2.21. The predicted molar refractivity (Wildman–Crippen MR) is 85.2 cm³/mol. The third-order valence-corrected chi connectivity index (χ3v) is 3.47. The largest absolute Gasteiger partial charge is 0.372 e. The summed E-state index contributed by atoms with van der Waals surface area (Å²) in [5.74, 6) is -0.935. The van der Waals surface area contributed by atoms with Crippen molar-refractivity contribution >= 4 is 22.9 Å². The molecule has 0 spiro atoms. The number of ketones is 1. The van der Waals surface area contributed by atoms with Crippen molar-refractivity contribution in [3.05, 3.63) is 47.8 Å². The van der Waals surface area contributed by atoms with Crippen LogP contribution in [0.4, 0.5) is 15.8 Å². The fraction of sp³-hybridized carbons (Fsp3) is 0.294. The summed E-state index contributed by atoms with van der Waals surface area (Å²) in [6, 6.07) is 5.91. The van der Waals surface area contributed by atoms with Crippen molar-refractivity contribution in [2.24, 2.45) is 4.99 Å². The van der Waals surface area contributed by atoms with Crippen LogP contribution in [0, 0.1) is 6.92 Å². The highest BCUT2D eigenvalue weighted by atomic mass is 19.1.